The van der Waals surface area contributed by atoms with Crippen LogP contribution in [0.3, 0.4) is 0 Å². The molecular formula is C22H32N4O6. The molecule has 4 N–H and O–H groups in total. The first-order valence-electron chi connectivity index (χ1n) is 10.8. The molecule has 0 aromatic carbocycles. The van der Waals surface area contributed by atoms with E-state index >= 15 is 0 Å². The van der Waals surface area contributed by atoms with Crippen molar-refractivity contribution in [1.29, 1.82) is 0 Å². The first-order chi connectivity index (χ1) is 15.1. The molecule has 1 aromatic rings. The van der Waals surface area contributed by atoms with Crippen LogP contribution in [-0.4, -0.2) is 89.7 Å². The average molecular weight is 449 g/mol. The third-order valence-electron chi connectivity index (χ3n) is 6.61. The highest BCUT2D eigenvalue weighted by atomic mass is 16.4. The molecule has 0 aliphatic carbocycles. The molecule has 1 saturated heterocycles. The maximum absolute atomic E-state index is 12.8. The molecule has 176 valence electrons. The molecule has 2 atom stereocenters. The zero-order valence-corrected chi connectivity index (χ0v) is 18.9. The number of carbonyl (C=O) groups is 2. The first-order valence-corrected chi connectivity index (χ1v) is 10.8. The Hall–Kier alpha value is -2.85. The molecule has 1 aromatic heterocycles. The van der Waals surface area contributed by atoms with E-state index in [4.69, 9.17) is 0 Å². The molecular weight excluding hydrogens is 416 g/mol. The van der Waals surface area contributed by atoms with E-state index in [-0.39, 0.29) is 0 Å². The quantitative estimate of drug-likeness (QED) is 0.498. The molecule has 0 saturated carbocycles. The van der Waals surface area contributed by atoms with Crippen molar-refractivity contribution in [3.8, 4) is 0 Å². The number of allylic oxidation sites excluding steroid dienone is 1. The summed E-state index contributed by atoms with van der Waals surface area (Å²) in [5, 5.41) is 42.4. The van der Waals surface area contributed by atoms with Gasteiger partial charge >= 0.3 is 12.2 Å². The van der Waals surface area contributed by atoms with E-state index in [9.17, 15) is 30.0 Å². The van der Waals surface area contributed by atoms with E-state index < -0.39 is 48.7 Å². The fourth-order valence-electron chi connectivity index (χ4n) is 5.84. The van der Waals surface area contributed by atoms with E-state index in [2.05, 4.69) is 4.98 Å². The third-order valence-corrected chi connectivity index (χ3v) is 6.61. The molecule has 32 heavy (non-hydrogen) atoms. The second kappa shape index (κ2) is 8.59. The third kappa shape index (κ3) is 2.96. The zero-order chi connectivity index (χ0) is 23.8. The highest BCUT2D eigenvalue weighted by molar-refractivity contribution is 5.73. The van der Waals surface area contributed by atoms with Crippen molar-refractivity contribution in [3.63, 3.8) is 0 Å². The van der Waals surface area contributed by atoms with Gasteiger partial charge in [0.2, 0.25) is 0 Å². The molecule has 2 unspecified atom stereocenters. The molecule has 0 spiro atoms. The van der Waals surface area contributed by atoms with Crippen LogP contribution in [0.4, 0.5) is 9.59 Å². The van der Waals surface area contributed by atoms with Gasteiger partial charge in [-0.15, -0.1) is 0 Å². The van der Waals surface area contributed by atoms with Crippen LogP contribution in [0.25, 0.3) is 0 Å². The van der Waals surface area contributed by atoms with Gasteiger partial charge in [-0.05, 0) is 52.7 Å². The summed E-state index contributed by atoms with van der Waals surface area (Å²) in [4.78, 5) is 33.7. The van der Waals surface area contributed by atoms with Gasteiger partial charge < -0.3 is 25.3 Å². The molecule has 2 amide bonds. The smallest absolute Gasteiger partial charge is 0.409 e. The number of aromatic nitrogens is 1. The number of pyridine rings is 1. The molecule has 2 aliphatic heterocycles. The number of rotatable bonds is 7. The molecule has 0 bridgehead atoms. The molecule has 2 aliphatic rings. The summed E-state index contributed by atoms with van der Waals surface area (Å²) >= 11 is 0. The Balaban J connectivity index is 2.57. The van der Waals surface area contributed by atoms with Crippen molar-refractivity contribution in [1.82, 2.24) is 19.7 Å². The Morgan fingerprint density at radius 1 is 1.06 bits per heavy atom. The lowest BCUT2D eigenvalue weighted by Gasteiger charge is -2.59. The van der Waals surface area contributed by atoms with E-state index in [1.54, 1.807) is 39.8 Å². The van der Waals surface area contributed by atoms with Crippen molar-refractivity contribution >= 4 is 12.2 Å². The van der Waals surface area contributed by atoms with Gasteiger partial charge in [-0.1, -0.05) is 0 Å². The fourth-order valence-corrected chi connectivity index (χ4v) is 5.84. The van der Waals surface area contributed by atoms with Crippen LogP contribution in [0.5, 0.6) is 0 Å². The van der Waals surface area contributed by atoms with Crippen LogP contribution in [0, 0.1) is 0 Å². The average Bonchev–Trinajstić information content (AvgIpc) is 3.27. The summed E-state index contributed by atoms with van der Waals surface area (Å²) in [6.07, 6.45) is 1.73. The maximum Gasteiger partial charge on any atom is 0.409 e. The summed E-state index contributed by atoms with van der Waals surface area (Å²) in [7, 11) is 0. The SMILES string of the molecule is CC(C)N(C(=O)O)C1(CO)C(CO)=C2CCCN2C1(c1ccncc1)N(C(=O)O)C(C)C. The van der Waals surface area contributed by atoms with Gasteiger partial charge in [0.15, 0.2) is 5.66 Å². The number of aliphatic hydroxyl groups excluding tert-OH is 2. The van der Waals surface area contributed by atoms with Crippen LogP contribution in [0.15, 0.2) is 35.8 Å². The van der Waals surface area contributed by atoms with Gasteiger partial charge in [0.25, 0.3) is 0 Å². The highest BCUT2D eigenvalue weighted by Gasteiger charge is 2.72. The number of hydrogen-bond donors (Lipinski definition) is 4. The van der Waals surface area contributed by atoms with Crippen molar-refractivity contribution in [2.24, 2.45) is 0 Å². The minimum Gasteiger partial charge on any atom is -0.465 e. The number of carboxylic acid groups (broad SMARTS) is 2. The Morgan fingerprint density at radius 3 is 2.06 bits per heavy atom. The molecule has 0 radical (unpaired) electrons. The predicted octanol–water partition coefficient (Wildman–Crippen LogP) is 2.10. The van der Waals surface area contributed by atoms with Gasteiger partial charge in [0.1, 0.15) is 5.54 Å². The molecule has 10 nitrogen and oxygen atoms in total. The summed E-state index contributed by atoms with van der Waals surface area (Å²) < 4.78 is 0. The van der Waals surface area contributed by atoms with Crippen LogP contribution < -0.4 is 0 Å². The first kappa shape index (κ1) is 23.8. The maximum atomic E-state index is 12.8. The van der Waals surface area contributed by atoms with Gasteiger partial charge in [0.05, 0.1) is 13.2 Å². The molecule has 1 fully saturated rings. The summed E-state index contributed by atoms with van der Waals surface area (Å²) in [5.74, 6) is 0. The normalized spacial score (nSPS) is 24.9. The lowest BCUT2D eigenvalue weighted by molar-refractivity contribution is -0.136. The second-order valence-corrected chi connectivity index (χ2v) is 8.76. The second-order valence-electron chi connectivity index (χ2n) is 8.76. The van der Waals surface area contributed by atoms with Crippen LogP contribution in [0.2, 0.25) is 0 Å². The van der Waals surface area contributed by atoms with Crippen molar-refractivity contribution in [2.75, 3.05) is 19.8 Å². The Morgan fingerprint density at radius 2 is 1.62 bits per heavy atom. The monoisotopic (exact) mass is 448 g/mol. The van der Waals surface area contributed by atoms with Crippen molar-refractivity contribution in [2.45, 2.75) is 63.8 Å². The number of nitrogens with zero attached hydrogens (tertiary/aromatic N) is 4. The molecule has 10 heteroatoms. The molecule has 3 heterocycles. The van der Waals surface area contributed by atoms with E-state index in [1.807, 2.05) is 4.90 Å². The zero-order valence-electron chi connectivity index (χ0n) is 18.9. The number of fused-ring (bicyclic) bond motifs is 1. The van der Waals surface area contributed by atoms with Gasteiger partial charge in [-0.3, -0.25) is 14.8 Å². The standard InChI is InChI=1S/C22H32N4O6/c1-14(2)25(19(29)30)21(13-28)17(12-27)18-6-5-11-24(18)22(21,16-7-9-23-10-8-16)26(15(3)4)20(31)32/h7-10,14-15,27-28H,5-6,11-13H2,1-4H3,(H,29,30)(H,31,32). The Bertz CT molecular complexity index is 905. The van der Waals surface area contributed by atoms with E-state index in [1.165, 1.54) is 17.3 Å². The van der Waals surface area contributed by atoms with E-state index in [0.29, 0.717) is 36.2 Å². The fraction of sp³-hybridized carbons (Fsp3) is 0.591. The van der Waals surface area contributed by atoms with Gasteiger partial charge in [-0.2, -0.15) is 0 Å². The lowest BCUT2D eigenvalue weighted by Crippen LogP contribution is -2.77. The Labute approximate surface area is 187 Å². The summed E-state index contributed by atoms with van der Waals surface area (Å²) in [6.45, 7) is 6.00. The number of hydrogen-bond acceptors (Lipinski definition) is 6. The summed E-state index contributed by atoms with van der Waals surface area (Å²) in [6, 6.07) is 2.11. The number of aliphatic hydroxyl groups is 2. The van der Waals surface area contributed by atoms with Crippen LogP contribution >= 0.6 is 0 Å². The minimum atomic E-state index is -1.78. The van der Waals surface area contributed by atoms with E-state index in [0.717, 1.165) is 4.90 Å². The van der Waals surface area contributed by atoms with Gasteiger partial charge in [-0.25, -0.2) is 9.59 Å². The molecule has 3 rings (SSSR count). The Kier molecular flexibility index (Phi) is 6.39. The van der Waals surface area contributed by atoms with Crippen molar-refractivity contribution in [3.05, 3.63) is 41.4 Å². The number of amides is 2. The largest absolute Gasteiger partial charge is 0.465 e. The lowest BCUT2D eigenvalue weighted by atomic mass is 9.72. The highest BCUT2D eigenvalue weighted by Crippen LogP contribution is 2.59. The van der Waals surface area contributed by atoms with Crippen LogP contribution in [-0.2, 0) is 5.66 Å². The van der Waals surface area contributed by atoms with Crippen LogP contribution in [0.1, 0.15) is 46.1 Å². The topological polar surface area (TPSA) is 138 Å². The minimum absolute atomic E-state index is 0.331. The van der Waals surface area contributed by atoms with Crippen molar-refractivity contribution < 1.29 is 30.0 Å². The van der Waals surface area contributed by atoms with Gasteiger partial charge in [0, 0.05) is 47.9 Å². The summed E-state index contributed by atoms with van der Waals surface area (Å²) in [5.41, 5.74) is -1.93. The predicted molar refractivity (Wildman–Crippen MR) is 116 cm³/mol.